The van der Waals surface area contributed by atoms with E-state index in [1.165, 1.54) is 0 Å². The number of rotatable bonds is 3. The van der Waals surface area contributed by atoms with E-state index in [2.05, 4.69) is 0 Å². The highest BCUT2D eigenvalue weighted by Crippen LogP contribution is 2.37. The Morgan fingerprint density at radius 3 is 2.53 bits per heavy atom. The van der Waals surface area contributed by atoms with Gasteiger partial charge >= 0.3 is 0 Å². The van der Waals surface area contributed by atoms with Crippen LogP contribution < -0.4 is 0 Å². The summed E-state index contributed by atoms with van der Waals surface area (Å²) in [7, 11) is 0. The Labute approximate surface area is 95.7 Å². The van der Waals surface area contributed by atoms with Crippen LogP contribution in [-0.4, -0.2) is 41.5 Å². The maximum Gasteiger partial charge on any atom is 0.249 e. The molecular formula is C11H18ClNO2. The van der Waals surface area contributed by atoms with E-state index >= 15 is 0 Å². The maximum absolute atomic E-state index is 11.9. The highest BCUT2D eigenvalue weighted by Gasteiger charge is 2.42. The molecule has 86 valence electrons. The average Bonchev–Trinajstić information content (AvgIpc) is 2.48. The summed E-state index contributed by atoms with van der Waals surface area (Å²) in [6.45, 7) is 2.75. The number of nitrogens with zero attached hydrogens (tertiary/aromatic N) is 1. The Hall–Kier alpha value is -0.280. The summed E-state index contributed by atoms with van der Waals surface area (Å²) in [5.41, 5.74) is 0. The van der Waals surface area contributed by atoms with Gasteiger partial charge in [-0.25, -0.2) is 0 Å². The zero-order valence-corrected chi connectivity index (χ0v) is 9.87. The maximum atomic E-state index is 11.9. The van der Waals surface area contributed by atoms with E-state index in [1.807, 2.05) is 11.8 Å². The molecule has 3 nitrogen and oxygen atoms in total. The highest BCUT2D eigenvalue weighted by atomic mass is 35.5. The first-order valence-electron chi connectivity index (χ1n) is 5.75. The van der Waals surface area contributed by atoms with Crippen molar-refractivity contribution in [2.75, 3.05) is 13.2 Å². The van der Waals surface area contributed by atoms with Gasteiger partial charge in [-0.15, -0.1) is 11.6 Å². The third-order valence-electron chi connectivity index (χ3n) is 3.39. The van der Waals surface area contributed by atoms with Crippen LogP contribution in [0.4, 0.5) is 0 Å². The molecule has 1 amide bonds. The molecule has 15 heavy (non-hydrogen) atoms. The van der Waals surface area contributed by atoms with Gasteiger partial charge in [0, 0.05) is 24.1 Å². The number of carbonyl (C=O) groups is 1. The lowest BCUT2D eigenvalue weighted by molar-refractivity contribution is -0.140. The van der Waals surface area contributed by atoms with Crippen molar-refractivity contribution in [3.05, 3.63) is 0 Å². The zero-order valence-electron chi connectivity index (χ0n) is 9.12. The quantitative estimate of drug-likeness (QED) is 0.693. The van der Waals surface area contributed by atoms with Crippen molar-refractivity contribution in [2.45, 2.75) is 50.1 Å². The van der Waals surface area contributed by atoms with Gasteiger partial charge in [0.25, 0.3) is 0 Å². The summed E-state index contributed by atoms with van der Waals surface area (Å²) in [4.78, 5) is 13.9. The van der Waals surface area contributed by atoms with Gasteiger partial charge in [0.2, 0.25) is 5.91 Å². The van der Waals surface area contributed by atoms with Gasteiger partial charge in [0.15, 0.2) is 0 Å². The molecule has 2 unspecified atom stereocenters. The molecule has 0 aliphatic carbocycles. The van der Waals surface area contributed by atoms with E-state index in [-0.39, 0.29) is 17.9 Å². The predicted octanol–water partition coefficient (Wildman–Crippen LogP) is 1.78. The molecular weight excluding hydrogens is 214 g/mol. The van der Waals surface area contributed by atoms with Crippen molar-refractivity contribution in [3.63, 3.8) is 0 Å². The minimum atomic E-state index is 0.146. The molecule has 0 aromatic carbocycles. The van der Waals surface area contributed by atoms with E-state index in [0.29, 0.717) is 18.7 Å². The minimum absolute atomic E-state index is 0.146. The molecule has 2 heterocycles. The fourth-order valence-electron chi connectivity index (χ4n) is 2.78. The van der Waals surface area contributed by atoms with Crippen molar-refractivity contribution in [2.24, 2.45) is 0 Å². The number of carbonyl (C=O) groups excluding carboxylic acids is 1. The second kappa shape index (κ2) is 4.71. The van der Waals surface area contributed by atoms with Crippen LogP contribution in [0, 0.1) is 0 Å². The molecule has 2 aliphatic heterocycles. The van der Waals surface area contributed by atoms with Crippen LogP contribution in [0.1, 0.15) is 32.6 Å². The summed E-state index contributed by atoms with van der Waals surface area (Å²) in [5, 5.41) is 0.263. The first-order chi connectivity index (χ1) is 7.22. The van der Waals surface area contributed by atoms with Crippen molar-refractivity contribution >= 4 is 17.5 Å². The van der Waals surface area contributed by atoms with E-state index in [9.17, 15) is 4.79 Å². The Kier molecular flexibility index (Phi) is 3.52. The van der Waals surface area contributed by atoms with Gasteiger partial charge in [-0.3, -0.25) is 4.79 Å². The van der Waals surface area contributed by atoms with Crippen LogP contribution in [0.15, 0.2) is 0 Å². The predicted molar refractivity (Wildman–Crippen MR) is 59.0 cm³/mol. The Bertz CT molecular complexity index is 233. The summed E-state index contributed by atoms with van der Waals surface area (Å²) >= 11 is 6.15. The molecule has 0 N–H and O–H groups in total. The first-order valence-corrected chi connectivity index (χ1v) is 6.19. The highest BCUT2D eigenvalue weighted by molar-refractivity contribution is 6.20. The van der Waals surface area contributed by atoms with Crippen LogP contribution >= 0.6 is 11.6 Å². The third kappa shape index (κ3) is 2.28. The molecule has 2 atom stereocenters. The standard InChI is InChI=1S/C11H18ClNO2/c1-2-15-7-11(14)13-9-3-4-10(13)6-8(12)5-9/h8-10H,2-7H2,1H3. The average molecular weight is 232 g/mol. The zero-order chi connectivity index (χ0) is 10.8. The second-order valence-electron chi connectivity index (χ2n) is 4.39. The second-order valence-corrected chi connectivity index (χ2v) is 5.01. The van der Waals surface area contributed by atoms with Gasteiger partial charge in [0.1, 0.15) is 6.61 Å². The smallest absolute Gasteiger partial charge is 0.249 e. The summed E-state index contributed by atoms with van der Waals surface area (Å²) < 4.78 is 5.18. The number of piperidine rings is 1. The molecule has 0 spiro atoms. The molecule has 2 rings (SSSR count). The van der Waals surface area contributed by atoms with Crippen molar-refractivity contribution in [1.82, 2.24) is 4.90 Å². The molecule has 0 aromatic rings. The topological polar surface area (TPSA) is 29.5 Å². The van der Waals surface area contributed by atoms with Gasteiger partial charge in [-0.1, -0.05) is 0 Å². The lowest BCUT2D eigenvalue weighted by Gasteiger charge is -2.36. The minimum Gasteiger partial charge on any atom is -0.372 e. The Morgan fingerprint density at radius 2 is 2.00 bits per heavy atom. The van der Waals surface area contributed by atoms with Crippen molar-refractivity contribution in [1.29, 1.82) is 0 Å². The fourth-order valence-corrected chi connectivity index (χ4v) is 3.19. The van der Waals surface area contributed by atoms with Gasteiger partial charge in [-0.05, 0) is 32.6 Å². The molecule has 0 aromatic heterocycles. The fraction of sp³-hybridized carbons (Fsp3) is 0.909. The van der Waals surface area contributed by atoms with E-state index in [0.717, 1.165) is 25.7 Å². The monoisotopic (exact) mass is 231 g/mol. The van der Waals surface area contributed by atoms with Crippen molar-refractivity contribution in [3.8, 4) is 0 Å². The largest absolute Gasteiger partial charge is 0.372 e. The number of hydrogen-bond donors (Lipinski definition) is 0. The SMILES string of the molecule is CCOCC(=O)N1C2CCC1CC(Cl)C2. The van der Waals surface area contributed by atoms with Crippen LogP contribution in [0.25, 0.3) is 0 Å². The van der Waals surface area contributed by atoms with Crippen molar-refractivity contribution < 1.29 is 9.53 Å². The number of amides is 1. The van der Waals surface area contributed by atoms with Crippen LogP contribution in [0.3, 0.4) is 0 Å². The van der Waals surface area contributed by atoms with Crippen LogP contribution in [-0.2, 0) is 9.53 Å². The van der Waals surface area contributed by atoms with Gasteiger partial charge in [0.05, 0.1) is 0 Å². The summed E-state index contributed by atoms with van der Waals surface area (Å²) in [6.07, 6.45) is 4.14. The molecule has 2 fully saturated rings. The number of fused-ring (bicyclic) bond motifs is 2. The molecule has 4 heteroatoms. The van der Waals surface area contributed by atoms with Gasteiger partial charge in [-0.2, -0.15) is 0 Å². The lowest BCUT2D eigenvalue weighted by Crippen LogP contribution is -2.48. The van der Waals surface area contributed by atoms with Crippen LogP contribution in [0.5, 0.6) is 0 Å². The molecule has 2 aliphatic rings. The summed E-state index contributed by atoms with van der Waals surface area (Å²) in [6, 6.07) is 0.749. The van der Waals surface area contributed by atoms with E-state index < -0.39 is 0 Å². The number of ether oxygens (including phenoxy) is 1. The first kappa shape index (κ1) is 11.2. The van der Waals surface area contributed by atoms with E-state index in [4.69, 9.17) is 16.3 Å². The Morgan fingerprint density at radius 1 is 1.40 bits per heavy atom. The normalized spacial score (nSPS) is 34.5. The van der Waals surface area contributed by atoms with E-state index in [1.54, 1.807) is 0 Å². The molecule has 2 bridgehead atoms. The molecule has 0 radical (unpaired) electrons. The lowest BCUT2D eigenvalue weighted by atomic mass is 10.0. The number of alkyl halides is 1. The number of hydrogen-bond acceptors (Lipinski definition) is 2. The molecule has 2 saturated heterocycles. The molecule has 0 saturated carbocycles. The van der Waals surface area contributed by atoms with Crippen LogP contribution in [0.2, 0.25) is 0 Å². The number of halogens is 1. The third-order valence-corrected chi connectivity index (χ3v) is 3.75. The Balaban J connectivity index is 1.95. The summed E-state index contributed by atoms with van der Waals surface area (Å²) in [5.74, 6) is 0.146. The van der Waals surface area contributed by atoms with Gasteiger partial charge < -0.3 is 9.64 Å².